The summed E-state index contributed by atoms with van der Waals surface area (Å²) in [7, 11) is -9.08. The van der Waals surface area contributed by atoms with E-state index < -0.39 is 27.5 Å². The molecule has 0 aliphatic carbocycles. The molecule has 0 heterocycles. The zero-order valence-corrected chi connectivity index (χ0v) is 13.4. The van der Waals surface area contributed by atoms with Crippen molar-refractivity contribution in [2.45, 2.75) is 12.8 Å². The van der Waals surface area contributed by atoms with Crippen LogP contribution in [0.4, 0.5) is 0 Å². The molecule has 0 radical (unpaired) electrons. The molecule has 12 heteroatoms. The smallest absolute Gasteiger partial charge is 0.811 e. The molecule has 0 saturated heterocycles. The number of unbranched alkanes of at least 4 members (excludes halogenated alkanes) is 1. The fraction of sp³-hybridized carbons (Fsp3) is 1.00. The summed E-state index contributed by atoms with van der Waals surface area (Å²) in [5, 5.41) is 0. The minimum atomic E-state index is -4.54. The molecule has 0 rings (SSSR count). The second-order valence-corrected chi connectivity index (χ2v) is 6.29. The van der Waals surface area contributed by atoms with E-state index in [-0.39, 0.29) is 47.0 Å². The summed E-state index contributed by atoms with van der Waals surface area (Å²) in [6, 6.07) is 0. The van der Waals surface area contributed by atoms with Crippen molar-refractivity contribution in [3.8, 4) is 0 Å². The van der Waals surface area contributed by atoms with Crippen LogP contribution in [0.3, 0.4) is 0 Å². The molecule has 18 heavy (non-hydrogen) atoms. The van der Waals surface area contributed by atoms with Gasteiger partial charge in [0.15, 0.2) is 0 Å². The van der Waals surface area contributed by atoms with Crippen LogP contribution in [-0.4, -0.2) is 25.4 Å². The fourth-order valence-corrected chi connectivity index (χ4v) is 1.83. The van der Waals surface area contributed by atoms with Crippen molar-refractivity contribution in [1.82, 2.24) is 0 Å². The van der Waals surface area contributed by atoms with Gasteiger partial charge >= 0.3 is 34.1 Å². The summed E-state index contributed by atoms with van der Waals surface area (Å²) in [5.74, 6) is 0. The van der Waals surface area contributed by atoms with Crippen molar-refractivity contribution in [3.63, 3.8) is 0 Å². The Labute approximate surface area is 128 Å². The molecule has 4 N–H and O–H groups in total. The van der Waals surface area contributed by atoms with Crippen molar-refractivity contribution in [1.29, 1.82) is 0 Å². The van der Waals surface area contributed by atoms with Crippen LogP contribution < -0.4 is 31.0 Å². The fourth-order valence-electron chi connectivity index (χ4n) is 0.611. The molecule has 0 fully saturated rings. The molecule has 0 spiro atoms. The Morgan fingerprint density at radius 1 is 0.722 bits per heavy atom. The largest absolute Gasteiger partial charge is 2.00 e. The van der Waals surface area contributed by atoms with Crippen LogP contribution in [0.1, 0.15) is 12.8 Å². The van der Waals surface area contributed by atoms with Gasteiger partial charge in [-0.15, -0.1) is 0 Å². The van der Waals surface area contributed by atoms with Gasteiger partial charge in [0.2, 0.25) is 0 Å². The molecule has 0 aromatic rings. The van der Waals surface area contributed by atoms with Crippen LogP contribution >= 0.6 is 15.2 Å². The van der Waals surface area contributed by atoms with E-state index in [1.165, 1.54) is 0 Å². The maximum atomic E-state index is 10.0. The third-order valence-electron chi connectivity index (χ3n) is 1.28. The van der Waals surface area contributed by atoms with Crippen molar-refractivity contribution in [2.24, 2.45) is 11.5 Å². The van der Waals surface area contributed by atoms with Crippen LogP contribution in [0.5, 0.6) is 0 Å². The first-order valence-corrected chi connectivity index (χ1v) is 8.00. The van der Waals surface area contributed by atoms with Crippen LogP contribution in [0, 0.1) is 0 Å². The van der Waals surface area contributed by atoms with E-state index in [9.17, 15) is 28.7 Å². The van der Waals surface area contributed by atoms with Crippen LogP contribution in [0.15, 0.2) is 0 Å². The summed E-state index contributed by atoms with van der Waals surface area (Å²) in [6.07, 6.45) is -1.32. The van der Waals surface area contributed by atoms with E-state index in [2.05, 4.69) is 0 Å². The number of hydrogen-bond donors (Lipinski definition) is 2. The SMILES string of the molecule is NCCN.O=P([O-])([O-])CCCCP(=O)([O-])[O-].[Fe+2].[Fe+2]. The number of hydrogen-bond acceptors (Lipinski definition) is 8. The molecule has 0 atom stereocenters. The Balaban J connectivity index is -0.000000143. The second-order valence-electron chi connectivity index (χ2n) is 2.95. The summed E-state index contributed by atoms with van der Waals surface area (Å²) < 4.78 is 20.0. The molecular weight excluding hydrogens is 370 g/mol. The van der Waals surface area contributed by atoms with Crippen LogP contribution in [0.2, 0.25) is 0 Å². The summed E-state index contributed by atoms with van der Waals surface area (Å²) in [5.41, 5.74) is 9.81. The Morgan fingerprint density at radius 2 is 0.944 bits per heavy atom. The third kappa shape index (κ3) is 36.0. The van der Waals surface area contributed by atoms with Gasteiger partial charge in [-0.05, 0) is 25.2 Å². The van der Waals surface area contributed by atoms with Gasteiger partial charge in [-0.1, -0.05) is 15.2 Å². The monoisotopic (exact) mass is 386 g/mol. The average Bonchev–Trinajstić information content (AvgIpc) is 2.10. The quantitative estimate of drug-likeness (QED) is 0.268. The Hall–Kier alpha value is 1.26. The number of nitrogens with two attached hydrogens (primary N) is 2. The molecule has 0 bridgehead atoms. The van der Waals surface area contributed by atoms with E-state index in [0.29, 0.717) is 13.1 Å². The second kappa shape index (κ2) is 14.7. The van der Waals surface area contributed by atoms with Crippen molar-refractivity contribution in [3.05, 3.63) is 0 Å². The molecule has 0 aliphatic heterocycles. The standard InChI is InChI=1S/C4H12O6P2.C2H8N2.2Fe/c5-11(6,7)3-1-2-4-12(8,9)10;3-1-2-4;;/h1-4H2,(H2,5,6,7)(H2,8,9,10);1-4H2;;/q;;2*+2/p-4. The minimum absolute atomic E-state index is 0. The van der Waals surface area contributed by atoms with Gasteiger partial charge < -0.3 is 40.2 Å². The Morgan fingerprint density at radius 3 is 1.06 bits per heavy atom. The van der Waals surface area contributed by atoms with E-state index in [4.69, 9.17) is 11.5 Å². The van der Waals surface area contributed by atoms with Gasteiger partial charge in [0, 0.05) is 13.1 Å². The van der Waals surface area contributed by atoms with Gasteiger partial charge in [0.05, 0.1) is 0 Å². The summed E-state index contributed by atoms with van der Waals surface area (Å²) in [6.45, 7) is 1.19. The predicted molar refractivity (Wildman–Crippen MR) is 52.3 cm³/mol. The van der Waals surface area contributed by atoms with Crippen molar-refractivity contribution >= 4 is 15.2 Å². The van der Waals surface area contributed by atoms with Gasteiger partial charge in [0.1, 0.15) is 0 Å². The molecule has 0 aromatic carbocycles. The first-order chi connectivity index (χ1) is 7.12. The van der Waals surface area contributed by atoms with Crippen LogP contribution in [-0.2, 0) is 43.3 Å². The predicted octanol–water partition coefficient (Wildman–Crippen LogP) is -3.51. The van der Waals surface area contributed by atoms with E-state index >= 15 is 0 Å². The van der Waals surface area contributed by atoms with E-state index in [0.717, 1.165) is 0 Å². The van der Waals surface area contributed by atoms with Crippen molar-refractivity contribution < 1.29 is 62.8 Å². The van der Waals surface area contributed by atoms with Gasteiger partial charge in [0.25, 0.3) is 0 Å². The third-order valence-corrected chi connectivity index (χ3v) is 3.01. The number of rotatable bonds is 6. The van der Waals surface area contributed by atoms with Gasteiger partial charge in [-0.2, -0.15) is 0 Å². The van der Waals surface area contributed by atoms with E-state index in [1.54, 1.807) is 0 Å². The van der Waals surface area contributed by atoms with Crippen molar-refractivity contribution in [2.75, 3.05) is 25.4 Å². The molecule has 0 saturated carbocycles. The topological polar surface area (TPSA) is 178 Å². The zero-order chi connectivity index (χ0) is 13.2. The normalized spacial score (nSPS) is 10.6. The molecule has 0 unspecified atom stereocenters. The molecule has 0 amide bonds. The Bertz CT molecular complexity index is 232. The van der Waals surface area contributed by atoms with E-state index in [1.807, 2.05) is 0 Å². The summed E-state index contributed by atoms with van der Waals surface area (Å²) >= 11 is 0. The molecule has 112 valence electrons. The first-order valence-electron chi connectivity index (χ1n) is 4.54. The van der Waals surface area contributed by atoms with Gasteiger partial charge in [-0.25, -0.2) is 0 Å². The first kappa shape index (κ1) is 27.6. The summed E-state index contributed by atoms with van der Waals surface area (Å²) in [4.78, 5) is 40.0. The maximum Gasteiger partial charge on any atom is 2.00 e. The molecule has 0 aromatic heterocycles. The van der Waals surface area contributed by atoms with Crippen LogP contribution in [0.25, 0.3) is 0 Å². The maximum absolute atomic E-state index is 10.0. The zero-order valence-electron chi connectivity index (χ0n) is 9.45. The molecular formula is C6H16Fe2N2O6P2. The minimum Gasteiger partial charge on any atom is -0.811 e. The van der Waals surface area contributed by atoms with Gasteiger partial charge in [-0.3, -0.25) is 0 Å². The molecule has 8 nitrogen and oxygen atoms in total. The Kier molecular flexibility index (Phi) is 22.5. The molecule has 0 aliphatic rings. The average molecular weight is 386 g/mol.